The quantitative estimate of drug-likeness (QED) is 0.0212. The van der Waals surface area contributed by atoms with Crippen LogP contribution >= 0.6 is 7.82 Å². The number of quaternary nitrogens is 1. The van der Waals surface area contributed by atoms with Crippen molar-refractivity contribution in [2.24, 2.45) is 0 Å². The normalized spacial score (nSPS) is 14.2. The Morgan fingerprint density at radius 3 is 1.33 bits per heavy atom. The highest BCUT2D eigenvalue weighted by Crippen LogP contribution is 2.43. The Balaban J connectivity index is 4.41. The topological polar surface area (TPSA) is 108 Å². The van der Waals surface area contributed by atoms with Crippen molar-refractivity contribution in [3.8, 4) is 0 Å². The molecule has 0 aromatic heterocycles. The molecule has 2 atom stereocenters. The standard InChI is InChI=1S/C53H92NO8P/c1-6-8-10-12-14-16-18-20-22-24-25-26-27-28-29-30-32-34-36-38-40-42-44-46-53(56)62-51(50-61-63(57,58)60-48-47-54(3,4)5)49-59-52(55)45-43-41-39-37-35-33-31-23-21-19-17-15-13-11-9-7-2/h8,10,14,16,20,22,25-26,28-29,32,34,38,40,51H,6-7,9,11-13,15,17-19,21,23-24,27,30-31,33,35-37,39,41-50H2,1-5H3/p+1/b10-8-,16-14-,22-20-,26-25-,29-28-,34-32-,40-38-. The van der Waals surface area contributed by atoms with E-state index in [2.05, 4.69) is 92.8 Å². The minimum Gasteiger partial charge on any atom is -0.462 e. The Morgan fingerprint density at radius 2 is 0.905 bits per heavy atom. The third-order valence-electron chi connectivity index (χ3n) is 10.2. The zero-order valence-corrected chi connectivity index (χ0v) is 41.7. The second kappa shape index (κ2) is 44.4. The number of carbonyl (C=O) groups excluding carboxylic acids is 2. The molecule has 0 aliphatic carbocycles. The van der Waals surface area contributed by atoms with Crippen molar-refractivity contribution < 1.29 is 42.1 Å². The van der Waals surface area contributed by atoms with Gasteiger partial charge in [-0.25, -0.2) is 4.57 Å². The lowest BCUT2D eigenvalue weighted by atomic mass is 10.0. The van der Waals surface area contributed by atoms with Gasteiger partial charge in [0.25, 0.3) is 0 Å². The number of likely N-dealkylation sites (N-methyl/N-ethyl adjacent to an activating group) is 1. The number of phosphoric acid groups is 1. The monoisotopic (exact) mass is 903 g/mol. The highest BCUT2D eigenvalue weighted by atomic mass is 31.2. The third kappa shape index (κ3) is 48.5. The molecule has 0 heterocycles. The highest BCUT2D eigenvalue weighted by Gasteiger charge is 2.27. The Hall–Kier alpha value is -2.81. The van der Waals surface area contributed by atoms with Gasteiger partial charge in [-0.15, -0.1) is 0 Å². The number of allylic oxidation sites excluding steroid dienone is 14. The average Bonchev–Trinajstić information content (AvgIpc) is 3.24. The van der Waals surface area contributed by atoms with E-state index in [9.17, 15) is 19.0 Å². The lowest BCUT2D eigenvalue weighted by molar-refractivity contribution is -0.870. The van der Waals surface area contributed by atoms with Gasteiger partial charge < -0.3 is 18.9 Å². The first-order valence-corrected chi connectivity index (χ1v) is 26.3. The van der Waals surface area contributed by atoms with E-state index in [4.69, 9.17) is 18.5 Å². The number of ether oxygens (including phenoxy) is 2. The Labute approximate surface area is 386 Å². The van der Waals surface area contributed by atoms with Gasteiger partial charge in [-0.05, 0) is 64.2 Å². The number of hydrogen-bond donors (Lipinski definition) is 1. The number of nitrogens with zero attached hydrogens (tertiary/aromatic N) is 1. The van der Waals surface area contributed by atoms with Gasteiger partial charge in [-0.1, -0.05) is 195 Å². The van der Waals surface area contributed by atoms with Gasteiger partial charge in [0, 0.05) is 12.8 Å². The molecule has 0 fully saturated rings. The highest BCUT2D eigenvalue weighted by molar-refractivity contribution is 7.47. The van der Waals surface area contributed by atoms with Crippen LogP contribution in [0.1, 0.15) is 187 Å². The maximum atomic E-state index is 12.7. The Bertz CT molecular complexity index is 1340. The van der Waals surface area contributed by atoms with Crippen molar-refractivity contribution in [1.82, 2.24) is 0 Å². The summed E-state index contributed by atoms with van der Waals surface area (Å²) < 4.78 is 34.3. The maximum Gasteiger partial charge on any atom is 0.472 e. The van der Waals surface area contributed by atoms with Crippen LogP contribution in [0, 0.1) is 0 Å². The minimum absolute atomic E-state index is 0.0175. The van der Waals surface area contributed by atoms with E-state index < -0.39 is 26.5 Å². The molecule has 0 radical (unpaired) electrons. The lowest BCUT2D eigenvalue weighted by Gasteiger charge is -2.24. The van der Waals surface area contributed by atoms with Crippen LogP contribution in [0.4, 0.5) is 0 Å². The second-order valence-corrected chi connectivity index (χ2v) is 18.9. The number of esters is 2. The molecule has 0 rings (SSSR count). The fourth-order valence-corrected chi connectivity index (χ4v) is 7.10. The van der Waals surface area contributed by atoms with Crippen molar-refractivity contribution >= 4 is 19.8 Å². The molecule has 0 aliphatic heterocycles. The molecule has 1 N–H and O–H groups in total. The first-order chi connectivity index (χ1) is 30.5. The number of hydrogen-bond acceptors (Lipinski definition) is 7. The van der Waals surface area contributed by atoms with Crippen LogP contribution in [0.15, 0.2) is 85.1 Å². The van der Waals surface area contributed by atoms with Crippen LogP contribution in [-0.4, -0.2) is 74.9 Å². The van der Waals surface area contributed by atoms with E-state index >= 15 is 0 Å². The smallest absolute Gasteiger partial charge is 0.462 e. The van der Waals surface area contributed by atoms with Crippen molar-refractivity contribution in [2.75, 3.05) is 47.5 Å². The number of carbonyl (C=O) groups is 2. The molecule has 0 aromatic rings. The zero-order valence-electron chi connectivity index (χ0n) is 40.8. The summed E-state index contributed by atoms with van der Waals surface area (Å²) in [5.74, 6) is -0.869. The number of unbranched alkanes of at least 4 members (excludes halogenated alkanes) is 16. The van der Waals surface area contributed by atoms with E-state index in [1.54, 1.807) is 0 Å². The van der Waals surface area contributed by atoms with Gasteiger partial charge in [0.15, 0.2) is 6.10 Å². The van der Waals surface area contributed by atoms with Gasteiger partial charge in [-0.2, -0.15) is 0 Å². The van der Waals surface area contributed by atoms with Gasteiger partial charge in [-0.3, -0.25) is 18.6 Å². The molecule has 0 aliphatic rings. The van der Waals surface area contributed by atoms with E-state index in [1.165, 1.54) is 83.5 Å². The molecule has 0 saturated carbocycles. The first kappa shape index (κ1) is 60.2. The zero-order chi connectivity index (χ0) is 46.4. The van der Waals surface area contributed by atoms with Gasteiger partial charge in [0.05, 0.1) is 27.7 Å². The molecule has 63 heavy (non-hydrogen) atoms. The van der Waals surface area contributed by atoms with Gasteiger partial charge in [0.2, 0.25) is 0 Å². The minimum atomic E-state index is -4.40. The molecule has 0 saturated heterocycles. The van der Waals surface area contributed by atoms with Crippen molar-refractivity contribution in [3.63, 3.8) is 0 Å². The summed E-state index contributed by atoms with van der Waals surface area (Å²) in [6.07, 6.45) is 57.8. The molecule has 0 spiro atoms. The predicted molar refractivity (Wildman–Crippen MR) is 265 cm³/mol. The van der Waals surface area contributed by atoms with Crippen molar-refractivity contribution in [3.05, 3.63) is 85.1 Å². The molecular weight excluding hydrogens is 810 g/mol. The summed E-state index contributed by atoms with van der Waals surface area (Å²) in [5.41, 5.74) is 0. The predicted octanol–water partition coefficient (Wildman–Crippen LogP) is 14.7. The number of rotatable bonds is 44. The Morgan fingerprint density at radius 1 is 0.508 bits per heavy atom. The van der Waals surface area contributed by atoms with Crippen molar-refractivity contribution in [1.29, 1.82) is 0 Å². The molecule has 362 valence electrons. The van der Waals surface area contributed by atoms with Crippen LogP contribution in [0.3, 0.4) is 0 Å². The Kier molecular flexibility index (Phi) is 42.4. The average molecular weight is 903 g/mol. The van der Waals surface area contributed by atoms with Crippen LogP contribution in [0.25, 0.3) is 0 Å². The largest absolute Gasteiger partial charge is 0.472 e. The molecule has 2 unspecified atom stereocenters. The summed E-state index contributed by atoms with van der Waals surface area (Å²) >= 11 is 0. The molecule has 10 heteroatoms. The summed E-state index contributed by atoms with van der Waals surface area (Å²) in [6, 6.07) is 0. The lowest BCUT2D eigenvalue weighted by Crippen LogP contribution is -2.37. The SMILES string of the molecule is CC/C=C\C/C=C\C/C=C\C/C=C\C/C=C\C/C=C\C/C=C\CCCC(=O)OC(COC(=O)CCCCCCCCCCCCCCCCCC)COP(=O)(O)OCC[N+](C)(C)C. The third-order valence-corrected chi connectivity index (χ3v) is 11.2. The first-order valence-electron chi connectivity index (χ1n) is 24.8. The maximum absolute atomic E-state index is 12.7. The second-order valence-electron chi connectivity index (χ2n) is 17.5. The van der Waals surface area contributed by atoms with E-state index in [1.807, 2.05) is 27.2 Å². The van der Waals surface area contributed by atoms with Crippen LogP contribution in [0.2, 0.25) is 0 Å². The fraction of sp³-hybridized carbons (Fsp3) is 0.698. The fourth-order valence-electron chi connectivity index (χ4n) is 6.36. The molecule has 9 nitrogen and oxygen atoms in total. The van der Waals surface area contributed by atoms with E-state index in [0.717, 1.165) is 64.2 Å². The molecule has 0 amide bonds. The number of phosphoric ester groups is 1. The van der Waals surface area contributed by atoms with Crippen LogP contribution in [-0.2, 0) is 32.7 Å². The molecule has 0 bridgehead atoms. The summed E-state index contributed by atoms with van der Waals surface area (Å²) in [7, 11) is 1.43. The summed E-state index contributed by atoms with van der Waals surface area (Å²) in [5, 5.41) is 0. The van der Waals surface area contributed by atoms with Crippen molar-refractivity contribution in [2.45, 2.75) is 193 Å². The molecule has 0 aromatic carbocycles. The van der Waals surface area contributed by atoms with Gasteiger partial charge >= 0.3 is 19.8 Å². The summed E-state index contributed by atoms with van der Waals surface area (Å²) in [6.45, 7) is 4.24. The summed E-state index contributed by atoms with van der Waals surface area (Å²) in [4.78, 5) is 35.5. The van der Waals surface area contributed by atoms with Crippen LogP contribution in [0.5, 0.6) is 0 Å². The van der Waals surface area contributed by atoms with E-state index in [-0.39, 0.29) is 32.0 Å². The van der Waals surface area contributed by atoms with Gasteiger partial charge in [0.1, 0.15) is 19.8 Å². The van der Waals surface area contributed by atoms with E-state index in [0.29, 0.717) is 23.9 Å². The molecular formula is C53H93NO8P+. The van der Waals surface area contributed by atoms with Crippen LogP contribution < -0.4 is 0 Å².